The van der Waals surface area contributed by atoms with Gasteiger partial charge in [0, 0.05) is 0 Å². The van der Waals surface area contributed by atoms with Gasteiger partial charge in [-0.3, -0.25) is 4.72 Å². The highest BCUT2D eigenvalue weighted by Gasteiger charge is 2.15. The molecule has 4 nitrogen and oxygen atoms in total. The van der Waals surface area contributed by atoms with Gasteiger partial charge >= 0.3 is 0 Å². The molecule has 0 unspecified atom stereocenters. The lowest BCUT2D eigenvalue weighted by Gasteiger charge is -2.11. The number of anilines is 1. The highest BCUT2D eigenvalue weighted by Crippen LogP contribution is 2.22. The van der Waals surface area contributed by atoms with Crippen LogP contribution in [0, 0.1) is 32.1 Å². The third-order valence-electron chi connectivity index (χ3n) is 3.37. The second kappa shape index (κ2) is 5.58. The van der Waals surface area contributed by atoms with Crippen molar-refractivity contribution < 1.29 is 8.42 Å². The molecule has 108 valence electrons. The van der Waals surface area contributed by atoms with Gasteiger partial charge in [0.2, 0.25) is 0 Å². The zero-order valence-electron chi connectivity index (χ0n) is 12.1. The molecule has 2 aromatic rings. The lowest BCUT2D eigenvalue weighted by molar-refractivity contribution is 0.601. The molecule has 21 heavy (non-hydrogen) atoms. The van der Waals surface area contributed by atoms with Gasteiger partial charge in [-0.1, -0.05) is 17.7 Å². The van der Waals surface area contributed by atoms with Gasteiger partial charge in [-0.05, 0) is 56.2 Å². The molecule has 0 aliphatic heterocycles. The SMILES string of the molecule is Cc1ccc(S(=O)(=O)Nc2cc(C)c(C)c(C#N)c2)cc1. The molecule has 0 radical (unpaired) electrons. The Balaban J connectivity index is 2.40. The number of rotatable bonds is 3. The van der Waals surface area contributed by atoms with E-state index in [-0.39, 0.29) is 4.90 Å². The third kappa shape index (κ3) is 3.23. The van der Waals surface area contributed by atoms with Crippen molar-refractivity contribution in [3.8, 4) is 6.07 Å². The van der Waals surface area contributed by atoms with E-state index in [1.54, 1.807) is 36.4 Å². The van der Waals surface area contributed by atoms with Crippen LogP contribution in [-0.2, 0) is 10.0 Å². The molecule has 0 spiro atoms. The molecule has 5 heteroatoms. The van der Waals surface area contributed by atoms with E-state index in [1.807, 2.05) is 20.8 Å². The third-order valence-corrected chi connectivity index (χ3v) is 4.77. The Morgan fingerprint density at radius 2 is 1.67 bits per heavy atom. The van der Waals surface area contributed by atoms with E-state index in [9.17, 15) is 8.42 Å². The second-order valence-corrected chi connectivity index (χ2v) is 6.68. The van der Waals surface area contributed by atoms with E-state index in [0.717, 1.165) is 16.7 Å². The number of sulfonamides is 1. The molecule has 0 atom stereocenters. The predicted molar refractivity (Wildman–Crippen MR) is 82.6 cm³/mol. The molecule has 0 aliphatic rings. The van der Waals surface area contributed by atoms with Gasteiger partial charge in [0.1, 0.15) is 0 Å². The summed E-state index contributed by atoms with van der Waals surface area (Å²) >= 11 is 0. The van der Waals surface area contributed by atoms with E-state index in [4.69, 9.17) is 5.26 Å². The Bertz CT molecular complexity index is 817. The summed E-state index contributed by atoms with van der Waals surface area (Å²) in [7, 11) is -3.64. The predicted octanol–water partition coefficient (Wildman–Crippen LogP) is 3.28. The van der Waals surface area contributed by atoms with E-state index in [0.29, 0.717) is 11.3 Å². The largest absolute Gasteiger partial charge is 0.280 e. The lowest BCUT2D eigenvalue weighted by Crippen LogP contribution is -2.13. The number of hydrogen-bond acceptors (Lipinski definition) is 3. The molecule has 0 amide bonds. The summed E-state index contributed by atoms with van der Waals surface area (Å²) in [5.41, 5.74) is 3.59. The monoisotopic (exact) mass is 300 g/mol. The minimum Gasteiger partial charge on any atom is -0.280 e. The normalized spacial score (nSPS) is 11.0. The van der Waals surface area contributed by atoms with Gasteiger partial charge in [0.15, 0.2) is 0 Å². The van der Waals surface area contributed by atoms with Gasteiger partial charge < -0.3 is 0 Å². The highest BCUT2D eigenvalue weighted by atomic mass is 32.2. The number of hydrogen-bond donors (Lipinski definition) is 1. The van der Waals surface area contributed by atoms with E-state index in [2.05, 4.69) is 10.8 Å². The number of nitriles is 1. The van der Waals surface area contributed by atoms with Crippen LogP contribution in [0.2, 0.25) is 0 Å². The Morgan fingerprint density at radius 1 is 1.05 bits per heavy atom. The van der Waals surface area contributed by atoms with E-state index < -0.39 is 10.0 Å². The van der Waals surface area contributed by atoms with E-state index in [1.165, 1.54) is 0 Å². The molecule has 0 bridgehead atoms. The van der Waals surface area contributed by atoms with Crippen LogP contribution in [-0.4, -0.2) is 8.42 Å². The quantitative estimate of drug-likeness (QED) is 0.945. The molecular weight excluding hydrogens is 284 g/mol. The standard InChI is InChI=1S/C16H16N2O2S/c1-11-4-6-16(7-5-11)21(19,20)18-15-8-12(2)13(3)14(9-15)10-17/h4-9,18H,1-3H3. The molecule has 0 heterocycles. The Kier molecular flexibility index (Phi) is 4.01. The Morgan fingerprint density at radius 3 is 2.24 bits per heavy atom. The molecule has 1 N–H and O–H groups in total. The maximum atomic E-state index is 12.3. The average molecular weight is 300 g/mol. The fourth-order valence-corrected chi connectivity index (χ4v) is 3.01. The van der Waals surface area contributed by atoms with Crippen LogP contribution in [0.3, 0.4) is 0 Å². The lowest BCUT2D eigenvalue weighted by atomic mass is 10.0. The summed E-state index contributed by atoms with van der Waals surface area (Å²) in [6.45, 7) is 5.58. The van der Waals surface area contributed by atoms with Crippen LogP contribution in [0.15, 0.2) is 41.3 Å². The molecule has 2 rings (SSSR count). The van der Waals surface area contributed by atoms with Crippen molar-refractivity contribution >= 4 is 15.7 Å². The topological polar surface area (TPSA) is 70.0 Å². The summed E-state index contributed by atoms with van der Waals surface area (Å²) in [5.74, 6) is 0. The van der Waals surface area contributed by atoms with Crippen LogP contribution in [0.25, 0.3) is 0 Å². The average Bonchev–Trinajstić information content (AvgIpc) is 2.42. The van der Waals surface area contributed by atoms with Gasteiger partial charge in [0.25, 0.3) is 10.0 Å². The fourth-order valence-electron chi connectivity index (χ4n) is 1.97. The molecule has 0 saturated heterocycles. The number of nitrogens with zero attached hydrogens (tertiary/aromatic N) is 1. The molecule has 0 saturated carbocycles. The van der Waals surface area contributed by atoms with Crippen LogP contribution < -0.4 is 4.72 Å². The summed E-state index contributed by atoms with van der Waals surface area (Å²) in [6.07, 6.45) is 0. The van der Waals surface area contributed by atoms with Crippen molar-refractivity contribution in [2.45, 2.75) is 25.7 Å². The van der Waals surface area contributed by atoms with Crippen LogP contribution in [0.5, 0.6) is 0 Å². The first kappa shape index (κ1) is 15.1. The molecule has 0 aromatic heterocycles. The first-order valence-electron chi connectivity index (χ1n) is 6.44. The van der Waals surface area contributed by atoms with Gasteiger partial charge in [-0.15, -0.1) is 0 Å². The fraction of sp³-hybridized carbons (Fsp3) is 0.188. The van der Waals surface area contributed by atoms with Gasteiger partial charge in [-0.2, -0.15) is 5.26 Å². The summed E-state index contributed by atoms with van der Waals surface area (Å²) in [6, 6.07) is 12.0. The zero-order chi connectivity index (χ0) is 15.6. The van der Waals surface area contributed by atoms with Crippen molar-refractivity contribution in [3.63, 3.8) is 0 Å². The molecule has 2 aromatic carbocycles. The molecule has 0 fully saturated rings. The maximum absolute atomic E-state index is 12.3. The number of aryl methyl sites for hydroxylation is 2. The van der Waals surface area contributed by atoms with E-state index >= 15 is 0 Å². The first-order chi connectivity index (χ1) is 9.83. The second-order valence-electron chi connectivity index (χ2n) is 5.00. The van der Waals surface area contributed by atoms with Crippen molar-refractivity contribution in [1.29, 1.82) is 5.26 Å². The van der Waals surface area contributed by atoms with Crippen molar-refractivity contribution in [1.82, 2.24) is 0 Å². The summed E-state index contributed by atoms with van der Waals surface area (Å²) in [4.78, 5) is 0.199. The highest BCUT2D eigenvalue weighted by molar-refractivity contribution is 7.92. The van der Waals surface area contributed by atoms with Crippen molar-refractivity contribution in [2.24, 2.45) is 0 Å². The number of nitrogens with one attached hydrogen (secondary N) is 1. The Hall–Kier alpha value is -2.32. The summed E-state index contributed by atoms with van der Waals surface area (Å²) in [5, 5.41) is 9.09. The minimum atomic E-state index is -3.64. The maximum Gasteiger partial charge on any atom is 0.261 e. The molecule has 0 aliphatic carbocycles. The smallest absolute Gasteiger partial charge is 0.261 e. The zero-order valence-corrected chi connectivity index (χ0v) is 13.0. The van der Waals surface area contributed by atoms with Crippen molar-refractivity contribution in [2.75, 3.05) is 4.72 Å². The molecular formula is C16H16N2O2S. The van der Waals surface area contributed by atoms with Gasteiger partial charge in [0.05, 0.1) is 22.2 Å². The number of benzene rings is 2. The van der Waals surface area contributed by atoms with Gasteiger partial charge in [-0.25, -0.2) is 8.42 Å². The van der Waals surface area contributed by atoms with Crippen molar-refractivity contribution in [3.05, 3.63) is 58.7 Å². The van der Waals surface area contributed by atoms with Crippen LogP contribution in [0.1, 0.15) is 22.3 Å². The van der Waals surface area contributed by atoms with Crippen LogP contribution >= 0.6 is 0 Å². The minimum absolute atomic E-state index is 0.199. The Labute approximate surface area is 125 Å². The van der Waals surface area contributed by atoms with Crippen LogP contribution in [0.4, 0.5) is 5.69 Å². The first-order valence-corrected chi connectivity index (χ1v) is 7.92. The summed E-state index contributed by atoms with van der Waals surface area (Å²) < 4.78 is 27.1.